The third-order valence-electron chi connectivity index (χ3n) is 4.09. The lowest BCUT2D eigenvalue weighted by molar-refractivity contribution is 0.185. The SMILES string of the molecule is C=C(O/C(=N\N)[C@H](Nc1ccc(C#N)c(Cl)c1C)[C@H](C)O)c1ccc(I)cc1. The number of nitriles is 1. The average Bonchev–Trinajstić information content (AvgIpc) is 2.67. The number of ether oxygens (including phenoxy) is 1. The first-order valence-corrected chi connectivity index (χ1v) is 9.78. The minimum absolute atomic E-state index is 0.0680. The molecule has 6 nitrogen and oxygen atoms in total. The van der Waals surface area contributed by atoms with E-state index >= 15 is 0 Å². The van der Waals surface area contributed by atoms with Crippen molar-refractivity contribution in [2.75, 3.05) is 5.32 Å². The first-order chi connectivity index (χ1) is 13.3. The maximum absolute atomic E-state index is 10.3. The van der Waals surface area contributed by atoms with Crippen molar-refractivity contribution >= 4 is 51.5 Å². The van der Waals surface area contributed by atoms with Crippen LogP contribution >= 0.6 is 34.2 Å². The smallest absolute Gasteiger partial charge is 0.236 e. The zero-order valence-electron chi connectivity index (χ0n) is 15.4. The van der Waals surface area contributed by atoms with Crippen molar-refractivity contribution in [2.24, 2.45) is 10.9 Å². The molecule has 146 valence electrons. The quantitative estimate of drug-likeness (QED) is 0.135. The van der Waals surface area contributed by atoms with Crippen LogP contribution in [0.3, 0.4) is 0 Å². The van der Waals surface area contributed by atoms with Crippen molar-refractivity contribution < 1.29 is 9.84 Å². The van der Waals surface area contributed by atoms with E-state index in [1.165, 1.54) is 0 Å². The lowest BCUT2D eigenvalue weighted by Crippen LogP contribution is -2.41. The highest BCUT2D eigenvalue weighted by molar-refractivity contribution is 14.1. The van der Waals surface area contributed by atoms with Crippen LogP contribution in [0.25, 0.3) is 5.76 Å². The Bertz CT molecular complexity index is 936. The van der Waals surface area contributed by atoms with E-state index in [2.05, 4.69) is 39.6 Å². The Labute approximate surface area is 182 Å². The minimum atomic E-state index is -0.888. The van der Waals surface area contributed by atoms with Gasteiger partial charge in [0.05, 0.1) is 16.7 Å². The number of hydrazone groups is 1. The zero-order chi connectivity index (χ0) is 20.8. The second-order valence-electron chi connectivity index (χ2n) is 6.07. The van der Waals surface area contributed by atoms with Gasteiger partial charge in [-0.2, -0.15) is 5.26 Å². The lowest BCUT2D eigenvalue weighted by atomic mass is 10.1. The topological polar surface area (TPSA) is 104 Å². The summed E-state index contributed by atoms with van der Waals surface area (Å²) in [5.41, 5.74) is 2.43. The van der Waals surface area contributed by atoms with Crippen LogP contribution in [0.15, 0.2) is 48.1 Å². The molecule has 0 amide bonds. The van der Waals surface area contributed by atoms with Crippen molar-refractivity contribution in [1.29, 1.82) is 5.26 Å². The third-order valence-corrected chi connectivity index (χ3v) is 5.29. The summed E-state index contributed by atoms with van der Waals surface area (Å²) >= 11 is 8.43. The fourth-order valence-corrected chi connectivity index (χ4v) is 3.04. The molecule has 2 rings (SSSR count). The van der Waals surface area contributed by atoms with Crippen LogP contribution in [0.2, 0.25) is 5.02 Å². The van der Waals surface area contributed by atoms with Gasteiger partial charge in [0, 0.05) is 14.8 Å². The van der Waals surface area contributed by atoms with Crippen molar-refractivity contribution in [3.8, 4) is 6.07 Å². The largest absolute Gasteiger partial charge is 0.439 e. The summed E-state index contributed by atoms with van der Waals surface area (Å²) in [7, 11) is 0. The zero-order valence-corrected chi connectivity index (χ0v) is 18.3. The van der Waals surface area contributed by atoms with E-state index < -0.39 is 12.1 Å². The molecule has 0 heterocycles. The molecule has 0 fully saturated rings. The second-order valence-corrected chi connectivity index (χ2v) is 7.70. The molecule has 2 aromatic carbocycles. The van der Waals surface area contributed by atoms with Crippen molar-refractivity contribution in [1.82, 2.24) is 0 Å². The molecule has 0 saturated heterocycles. The molecule has 8 heteroatoms. The molecule has 0 aliphatic rings. The molecular formula is C20H20ClIN4O2. The van der Waals surface area contributed by atoms with Crippen LogP contribution in [0.1, 0.15) is 23.6 Å². The van der Waals surface area contributed by atoms with Gasteiger partial charge in [0.15, 0.2) is 0 Å². The normalized spacial score (nSPS) is 13.4. The molecule has 28 heavy (non-hydrogen) atoms. The first-order valence-electron chi connectivity index (χ1n) is 8.32. The maximum Gasteiger partial charge on any atom is 0.236 e. The standard InChI is InChI=1S/C20H20ClIN4O2/c1-11-17(9-6-15(10-23)18(11)21)25-19(12(2)27)20(26-24)28-13(3)14-4-7-16(22)8-5-14/h4-9,12,19,25,27H,3,24H2,1-2H3/b26-20-/t12-,19+/m0/s1. The van der Waals surface area contributed by atoms with Crippen molar-refractivity contribution in [2.45, 2.75) is 26.0 Å². The number of nitrogens with two attached hydrogens (primary N) is 1. The van der Waals surface area contributed by atoms with Crippen molar-refractivity contribution in [3.05, 3.63) is 68.3 Å². The highest BCUT2D eigenvalue weighted by atomic mass is 127. The predicted molar refractivity (Wildman–Crippen MR) is 121 cm³/mol. The number of halogens is 2. The van der Waals surface area contributed by atoms with Gasteiger partial charge >= 0.3 is 0 Å². The first kappa shape index (κ1) is 22.0. The Morgan fingerprint density at radius 3 is 2.54 bits per heavy atom. The second kappa shape index (κ2) is 9.78. The third kappa shape index (κ3) is 5.16. The fourth-order valence-electron chi connectivity index (χ4n) is 2.48. The summed E-state index contributed by atoms with van der Waals surface area (Å²) in [6.45, 7) is 7.27. The van der Waals surface area contributed by atoms with Gasteiger partial charge in [-0.25, -0.2) is 0 Å². The lowest BCUT2D eigenvalue weighted by Gasteiger charge is -2.25. The molecule has 2 aromatic rings. The highest BCUT2D eigenvalue weighted by Gasteiger charge is 2.25. The van der Waals surface area contributed by atoms with E-state index in [1.54, 1.807) is 26.0 Å². The number of aliphatic hydroxyl groups excluding tert-OH is 1. The summed E-state index contributed by atoms with van der Waals surface area (Å²) in [4.78, 5) is 0. The number of anilines is 1. The molecular weight excluding hydrogens is 491 g/mol. The van der Waals surface area contributed by atoms with E-state index in [1.807, 2.05) is 30.3 Å². The van der Waals surface area contributed by atoms with Crippen LogP contribution in [-0.2, 0) is 4.74 Å². The molecule has 0 unspecified atom stereocenters. The number of nitrogens with one attached hydrogen (secondary N) is 1. The van der Waals surface area contributed by atoms with E-state index in [9.17, 15) is 5.11 Å². The summed E-state index contributed by atoms with van der Waals surface area (Å²) in [5, 5.41) is 26.5. The van der Waals surface area contributed by atoms with E-state index in [4.69, 9.17) is 27.4 Å². The molecule has 2 atom stereocenters. The molecule has 4 N–H and O–H groups in total. The number of benzene rings is 2. The molecule has 0 saturated carbocycles. The van der Waals surface area contributed by atoms with Gasteiger partial charge in [-0.1, -0.05) is 30.3 Å². The van der Waals surface area contributed by atoms with Crippen LogP contribution < -0.4 is 11.2 Å². The summed E-state index contributed by atoms with van der Waals surface area (Å²) in [5.74, 6) is 5.95. The summed E-state index contributed by atoms with van der Waals surface area (Å²) in [6, 6.07) is 12.2. The monoisotopic (exact) mass is 510 g/mol. The Balaban J connectivity index is 2.26. The number of hydrogen-bond donors (Lipinski definition) is 3. The Morgan fingerprint density at radius 2 is 2.00 bits per heavy atom. The van der Waals surface area contributed by atoms with Gasteiger partial charge in [0.25, 0.3) is 0 Å². The van der Waals surface area contributed by atoms with Crippen LogP contribution in [0.4, 0.5) is 5.69 Å². The number of nitrogens with zero attached hydrogens (tertiary/aromatic N) is 2. The molecule has 0 aromatic heterocycles. The summed E-state index contributed by atoms with van der Waals surface area (Å²) < 4.78 is 6.84. The van der Waals surface area contributed by atoms with Gasteiger partial charge in [-0.3, -0.25) is 0 Å². The van der Waals surface area contributed by atoms with Crippen LogP contribution in [0.5, 0.6) is 0 Å². The maximum atomic E-state index is 10.3. The highest BCUT2D eigenvalue weighted by Crippen LogP contribution is 2.28. The Morgan fingerprint density at radius 1 is 1.36 bits per heavy atom. The average molecular weight is 511 g/mol. The molecule has 0 spiro atoms. The number of rotatable bonds is 6. The Kier molecular flexibility index (Phi) is 7.69. The van der Waals surface area contributed by atoms with Gasteiger partial charge in [0.2, 0.25) is 5.90 Å². The van der Waals surface area contributed by atoms with E-state index in [-0.39, 0.29) is 5.90 Å². The van der Waals surface area contributed by atoms with Gasteiger partial charge < -0.3 is 21.0 Å². The predicted octanol–water partition coefficient (Wildman–Crippen LogP) is 4.25. The van der Waals surface area contributed by atoms with Crippen LogP contribution in [-0.4, -0.2) is 23.2 Å². The summed E-state index contributed by atoms with van der Waals surface area (Å²) in [6.07, 6.45) is -0.888. The Hall–Kier alpha value is -2.28. The molecule has 0 aliphatic carbocycles. The van der Waals surface area contributed by atoms with Crippen molar-refractivity contribution in [3.63, 3.8) is 0 Å². The van der Waals surface area contributed by atoms with E-state index in [0.717, 1.165) is 9.13 Å². The number of aliphatic hydroxyl groups is 1. The van der Waals surface area contributed by atoms with Gasteiger partial charge in [-0.05, 0) is 66.3 Å². The van der Waals surface area contributed by atoms with Gasteiger partial charge in [-0.15, -0.1) is 5.10 Å². The molecule has 0 aliphatic heterocycles. The number of hydrogen-bond acceptors (Lipinski definition) is 6. The molecule has 0 radical (unpaired) electrons. The molecule has 0 bridgehead atoms. The fraction of sp³-hybridized carbons (Fsp3) is 0.200. The van der Waals surface area contributed by atoms with E-state index in [0.29, 0.717) is 27.6 Å². The minimum Gasteiger partial charge on any atom is -0.439 e. The van der Waals surface area contributed by atoms with Crippen LogP contribution in [0, 0.1) is 21.8 Å². The van der Waals surface area contributed by atoms with Gasteiger partial charge in [0.1, 0.15) is 17.9 Å².